The largest absolute Gasteiger partial charge is 0.493 e. The minimum atomic E-state index is -3.96. The Kier molecular flexibility index (Phi) is 6.21. The highest BCUT2D eigenvalue weighted by Gasteiger charge is 2.25. The Balaban J connectivity index is 2.09. The zero-order valence-corrected chi connectivity index (χ0v) is 18.4. The predicted molar refractivity (Wildman–Crippen MR) is 115 cm³/mol. The van der Waals surface area contributed by atoms with Crippen molar-refractivity contribution in [1.29, 1.82) is 0 Å². The van der Waals surface area contributed by atoms with E-state index in [9.17, 15) is 8.42 Å². The minimum absolute atomic E-state index is 0.00223. The number of rotatable bonds is 8. The van der Waals surface area contributed by atoms with Crippen LogP contribution < -0.4 is 18.9 Å². The Morgan fingerprint density at radius 2 is 1.57 bits per heavy atom. The van der Waals surface area contributed by atoms with Gasteiger partial charge in [-0.2, -0.15) is 5.10 Å². The molecule has 8 nitrogen and oxygen atoms in total. The maximum Gasteiger partial charge on any atom is 0.265 e. The van der Waals surface area contributed by atoms with Crippen LogP contribution in [0.4, 0.5) is 5.69 Å². The van der Waals surface area contributed by atoms with E-state index in [1.807, 2.05) is 44.2 Å². The number of hydrogen-bond acceptors (Lipinski definition) is 6. The summed E-state index contributed by atoms with van der Waals surface area (Å²) in [5.74, 6) is 1.06. The smallest absolute Gasteiger partial charge is 0.265 e. The third-order valence-electron chi connectivity index (χ3n) is 4.48. The number of methoxy groups -OCH3 is 3. The maximum atomic E-state index is 13.3. The summed E-state index contributed by atoms with van der Waals surface area (Å²) in [5, 5.41) is 4.51. The molecule has 1 aromatic heterocycles. The van der Waals surface area contributed by atoms with E-state index in [2.05, 4.69) is 9.82 Å². The second-order valence-corrected chi connectivity index (χ2v) is 8.45. The van der Waals surface area contributed by atoms with Gasteiger partial charge in [-0.3, -0.25) is 9.40 Å². The number of sulfonamides is 1. The summed E-state index contributed by atoms with van der Waals surface area (Å²) in [7, 11) is 0.459. The van der Waals surface area contributed by atoms with Crippen LogP contribution >= 0.6 is 0 Å². The predicted octanol–water partition coefficient (Wildman–Crippen LogP) is 3.96. The molecule has 2 aromatic carbocycles. The highest BCUT2D eigenvalue weighted by atomic mass is 32.2. The van der Waals surface area contributed by atoms with Crippen LogP contribution in [0.25, 0.3) is 11.3 Å². The van der Waals surface area contributed by atoms with Crippen molar-refractivity contribution in [1.82, 2.24) is 9.78 Å². The van der Waals surface area contributed by atoms with Crippen LogP contribution in [0.5, 0.6) is 17.2 Å². The number of nitrogens with zero attached hydrogens (tertiary/aromatic N) is 2. The summed E-state index contributed by atoms with van der Waals surface area (Å²) in [6.07, 6.45) is 1.54. The van der Waals surface area contributed by atoms with Crippen molar-refractivity contribution < 1.29 is 22.6 Å². The first-order valence-electron chi connectivity index (χ1n) is 9.28. The molecular weight excluding hydrogens is 406 g/mol. The van der Waals surface area contributed by atoms with Gasteiger partial charge in [0.1, 0.15) is 10.6 Å². The van der Waals surface area contributed by atoms with E-state index in [1.54, 1.807) is 4.68 Å². The molecule has 160 valence electrons. The lowest BCUT2D eigenvalue weighted by Gasteiger charge is -2.15. The second kappa shape index (κ2) is 8.66. The minimum Gasteiger partial charge on any atom is -0.493 e. The molecule has 3 rings (SSSR count). The molecule has 3 aromatic rings. The number of aromatic nitrogens is 2. The fraction of sp³-hybridized carbons (Fsp3) is 0.286. The number of ether oxygens (including phenoxy) is 3. The topological polar surface area (TPSA) is 91.7 Å². The van der Waals surface area contributed by atoms with Crippen LogP contribution in [0, 0.1) is 0 Å². The fourth-order valence-electron chi connectivity index (χ4n) is 2.98. The highest BCUT2D eigenvalue weighted by molar-refractivity contribution is 7.92. The molecule has 0 atom stereocenters. The van der Waals surface area contributed by atoms with Crippen LogP contribution in [0.15, 0.2) is 53.6 Å². The molecule has 0 unspecified atom stereocenters. The third-order valence-corrected chi connectivity index (χ3v) is 5.86. The average Bonchev–Trinajstić information content (AvgIpc) is 3.20. The number of anilines is 1. The van der Waals surface area contributed by atoms with Crippen molar-refractivity contribution in [3.05, 3.63) is 48.7 Å². The third kappa shape index (κ3) is 4.20. The Bertz CT molecular complexity index is 1100. The van der Waals surface area contributed by atoms with Gasteiger partial charge in [-0.1, -0.05) is 30.3 Å². The molecule has 1 N–H and O–H groups in total. The molecule has 0 spiro atoms. The lowest BCUT2D eigenvalue weighted by molar-refractivity contribution is 0.325. The van der Waals surface area contributed by atoms with Crippen LogP contribution in [0.1, 0.15) is 19.9 Å². The van der Waals surface area contributed by atoms with Gasteiger partial charge in [0, 0.05) is 29.9 Å². The molecule has 0 aliphatic carbocycles. The van der Waals surface area contributed by atoms with Gasteiger partial charge in [0.05, 0.1) is 27.0 Å². The Hall–Kier alpha value is -3.20. The lowest BCUT2D eigenvalue weighted by Crippen LogP contribution is -2.14. The maximum absolute atomic E-state index is 13.3. The van der Waals surface area contributed by atoms with Gasteiger partial charge in [0.2, 0.25) is 5.75 Å². The van der Waals surface area contributed by atoms with Crippen LogP contribution in [-0.2, 0) is 10.0 Å². The first-order valence-corrected chi connectivity index (χ1v) is 10.8. The van der Waals surface area contributed by atoms with Crippen molar-refractivity contribution in [3.8, 4) is 28.5 Å². The van der Waals surface area contributed by atoms with Crippen molar-refractivity contribution >= 4 is 15.7 Å². The van der Waals surface area contributed by atoms with Gasteiger partial charge in [0.15, 0.2) is 11.5 Å². The average molecular weight is 432 g/mol. The van der Waals surface area contributed by atoms with E-state index >= 15 is 0 Å². The Morgan fingerprint density at radius 3 is 2.07 bits per heavy atom. The van der Waals surface area contributed by atoms with Crippen LogP contribution in [-0.4, -0.2) is 39.5 Å². The Morgan fingerprint density at radius 1 is 0.967 bits per heavy atom. The van der Waals surface area contributed by atoms with Gasteiger partial charge in [-0.15, -0.1) is 0 Å². The highest BCUT2D eigenvalue weighted by Crippen LogP contribution is 2.40. The molecule has 0 saturated carbocycles. The molecule has 0 radical (unpaired) electrons. The monoisotopic (exact) mass is 431 g/mol. The van der Waals surface area contributed by atoms with Gasteiger partial charge in [0.25, 0.3) is 10.0 Å². The van der Waals surface area contributed by atoms with Gasteiger partial charge < -0.3 is 14.2 Å². The van der Waals surface area contributed by atoms with Crippen molar-refractivity contribution in [2.75, 3.05) is 26.1 Å². The molecule has 0 aliphatic rings. The molecule has 0 aliphatic heterocycles. The molecule has 0 fully saturated rings. The summed E-state index contributed by atoms with van der Waals surface area (Å²) in [6, 6.07) is 12.3. The summed E-state index contributed by atoms with van der Waals surface area (Å²) in [6.45, 7) is 3.87. The van der Waals surface area contributed by atoms with E-state index in [0.29, 0.717) is 28.5 Å². The van der Waals surface area contributed by atoms with Crippen LogP contribution in [0.3, 0.4) is 0 Å². The first kappa shape index (κ1) is 21.5. The summed E-state index contributed by atoms with van der Waals surface area (Å²) >= 11 is 0. The van der Waals surface area contributed by atoms with E-state index in [1.165, 1.54) is 39.7 Å². The molecule has 0 bridgehead atoms. The fourth-order valence-corrected chi connectivity index (χ4v) is 4.18. The zero-order valence-electron chi connectivity index (χ0n) is 17.5. The van der Waals surface area contributed by atoms with Crippen molar-refractivity contribution in [2.24, 2.45) is 0 Å². The lowest BCUT2D eigenvalue weighted by atomic mass is 10.2. The molecule has 0 saturated heterocycles. The summed E-state index contributed by atoms with van der Waals surface area (Å²) in [4.78, 5) is 0.0798. The van der Waals surface area contributed by atoms with E-state index < -0.39 is 10.0 Å². The van der Waals surface area contributed by atoms with E-state index in [-0.39, 0.29) is 16.6 Å². The second-order valence-electron chi connectivity index (χ2n) is 6.80. The summed E-state index contributed by atoms with van der Waals surface area (Å²) < 4.78 is 46.8. The van der Waals surface area contributed by atoms with Crippen molar-refractivity contribution in [2.45, 2.75) is 24.8 Å². The molecule has 9 heteroatoms. The quantitative estimate of drug-likeness (QED) is 0.581. The molecule has 30 heavy (non-hydrogen) atoms. The SMILES string of the molecule is COc1cc(NS(=O)(=O)c2cn(C(C)C)nc2-c2ccccc2)cc(OC)c1OC. The standard InChI is InChI=1S/C21H25N3O5S/c1-14(2)24-13-19(20(22-24)15-9-7-6-8-10-15)30(25,26)23-16-11-17(27-3)21(29-5)18(12-16)28-4/h6-14,23H,1-5H3. The van der Waals surface area contributed by atoms with Gasteiger partial charge >= 0.3 is 0 Å². The normalized spacial score (nSPS) is 11.4. The van der Waals surface area contributed by atoms with Gasteiger partial charge in [-0.05, 0) is 13.8 Å². The van der Waals surface area contributed by atoms with E-state index in [0.717, 1.165) is 0 Å². The van der Waals surface area contributed by atoms with Gasteiger partial charge in [-0.25, -0.2) is 8.42 Å². The number of nitrogens with one attached hydrogen (secondary N) is 1. The molecule has 1 heterocycles. The molecule has 0 amide bonds. The summed E-state index contributed by atoms with van der Waals surface area (Å²) in [5.41, 5.74) is 1.37. The molecular formula is C21H25N3O5S. The first-order chi connectivity index (χ1) is 14.3. The van der Waals surface area contributed by atoms with Crippen LogP contribution in [0.2, 0.25) is 0 Å². The number of hydrogen-bond donors (Lipinski definition) is 1. The zero-order chi connectivity index (χ0) is 21.9. The Labute approximate surface area is 176 Å². The van der Waals surface area contributed by atoms with Crippen molar-refractivity contribution in [3.63, 3.8) is 0 Å². The number of benzene rings is 2. The van der Waals surface area contributed by atoms with E-state index in [4.69, 9.17) is 14.2 Å².